The van der Waals surface area contributed by atoms with E-state index in [1.54, 1.807) is 0 Å². The molecule has 0 N–H and O–H groups in total. The van der Waals surface area contributed by atoms with Crippen molar-refractivity contribution in [2.24, 2.45) is 10.9 Å². The van der Waals surface area contributed by atoms with Crippen molar-refractivity contribution >= 4 is 11.5 Å². The second-order valence-corrected chi connectivity index (χ2v) is 7.51. The molecule has 1 aliphatic carbocycles. The molecule has 1 aromatic carbocycles. The van der Waals surface area contributed by atoms with E-state index in [4.69, 9.17) is 10.3 Å². The van der Waals surface area contributed by atoms with E-state index in [0.29, 0.717) is 17.8 Å². The smallest absolute Gasteiger partial charge is 0.141 e. The van der Waals surface area contributed by atoms with Crippen LogP contribution >= 0.6 is 0 Å². The number of hydrogen-bond donors (Lipinski definition) is 0. The summed E-state index contributed by atoms with van der Waals surface area (Å²) >= 11 is 0. The first kappa shape index (κ1) is 15.9. The number of ketones is 1. The SMILES string of the molecule is CC1(C)Cc2ccc(C#N)cc2C(CC(=O)C2CCCCC2)=N1. The third-order valence-corrected chi connectivity index (χ3v) is 5.01. The Balaban J connectivity index is 1.89. The summed E-state index contributed by atoms with van der Waals surface area (Å²) in [4.78, 5) is 17.5. The first-order valence-corrected chi connectivity index (χ1v) is 8.63. The van der Waals surface area contributed by atoms with Crippen LogP contribution < -0.4 is 0 Å². The minimum atomic E-state index is -0.177. The van der Waals surface area contributed by atoms with Gasteiger partial charge in [0, 0.05) is 17.9 Å². The van der Waals surface area contributed by atoms with E-state index in [1.807, 2.05) is 18.2 Å². The van der Waals surface area contributed by atoms with E-state index in [1.165, 1.54) is 24.8 Å². The van der Waals surface area contributed by atoms with Crippen LogP contribution in [0.1, 0.15) is 69.1 Å². The van der Waals surface area contributed by atoms with Crippen LogP contribution in [0, 0.1) is 17.2 Å². The van der Waals surface area contributed by atoms with Crippen LogP contribution in [0.3, 0.4) is 0 Å². The van der Waals surface area contributed by atoms with Crippen molar-refractivity contribution < 1.29 is 4.79 Å². The number of hydrogen-bond acceptors (Lipinski definition) is 3. The van der Waals surface area contributed by atoms with Crippen LogP contribution in [0.5, 0.6) is 0 Å². The molecular formula is C20H24N2O. The number of benzene rings is 1. The van der Waals surface area contributed by atoms with Crippen LogP contribution in [0.15, 0.2) is 23.2 Å². The number of carbonyl (C=O) groups excluding carboxylic acids is 1. The fraction of sp³-hybridized carbons (Fsp3) is 0.550. The first-order valence-electron chi connectivity index (χ1n) is 8.63. The molecule has 0 radical (unpaired) electrons. The second kappa shape index (κ2) is 6.28. The molecule has 0 aromatic heterocycles. The average molecular weight is 308 g/mol. The Labute approximate surface area is 138 Å². The van der Waals surface area contributed by atoms with Gasteiger partial charge in [-0.2, -0.15) is 5.26 Å². The predicted octanol–water partition coefficient (Wildman–Crippen LogP) is 4.22. The predicted molar refractivity (Wildman–Crippen MR) is 91.7 cm³/mol. The molecule has 2 aliphatic rings. The Hall–Kier alpha value is -1.95. The summed E-state index contributed by atoms with van der Waals surface area (Å²) in [6.07, 6.45) is 6.92. The zero-order valence-electron chi connectivity index (χ0n) is 14.1. The Bertz CT molecular complexity index is 688. The van der Waals surface area contributed by atoms with Gasteiger partial charge < -0.3 is 0 Å². The third-order valence-electron chi connectivity index (χ3n) is 5.01. The minimum Gasteiger partial charge on any atom is -0.299 e. The topological polar surface area (TPSA) is 53.2 Å². The quantitative estimate of drug-likeness (QED) is 0.839. The van der Waals surface area contributed by atoms with Gasteiger partial charge in [-0.15, -0.1) is 0 Å². The molecule has 1 fully saturated rings. The molecule has 3 rings (SSSR count). The van der Waals surface area contributed by atoms with Crippen molar-refractivity contribution in [2.75, 3.05) is 0 Å². The number of nitrogens with zero attached hydrogens (tertiary/aromatic N) is 2. The van der Waals surface area contributed by atoms with Crippen molar-refractivity contribution in [1.82, 2.24) is 0 Å². The van der Waals surface area contributed by atoms with Crippen LogP contribution in [0.4, 0.5) is 0 Å². The van der Waals surface area contributed by atoms with Crippen LogP contribution in [0.25, 0.3) is 0 Å². The molecule has 1 saturated carbocycles. The maximum absolute atomic E-state index is 12.7. The van der Waals surface area contributed by atoms with Gasteiger partial charge in [-0.05, 0) is 50.8 Å². The lowest BCUT2D eigenvalue weighted by atomic mass is 9.81. The summed E-state index contributed by atoms with van der Waals surface area (Å²) < 4.78 is 0. The zero-order chi connectivity index (χ0) is 16.4. The highest BCUT2D eigenvalue weighted by Crippen LogP contribution is 2.31. The summed E-state index contributed by atoms with van der Waals surface area (Å²) in [5, 5.41) is 9.16. The summed E-state index contributed by atoms with van der Waals surface area (Å²) in [7, 11) is 0. The van der Waals surface area contributed by atoms with Gasteiger partial charge in [0.15, 0.2) is 0 Å². The number of nitriles is 1. The average Bonchev–Trinajstić information content (AvgIpc) is 2.54. The van der Waals surface area contributed by atoms with Gasteiger partial charge in [-0.3, -0.25) is 9.79 Å². The standard InChI is InChI=1S/C20H24N2O/c1-20(2)12-16-9-8-14(13-21)10-17(16)18(22-20)11-19(23)15-6-4-3-5-7-15/h8-10,15H,3-7,11-12H2,1-2H3. The minimum absolute atomic E-state index is 0.177. The van der Waals surface area contributed by atoms with Crippen molar-refractivity contribution in [1.29, 1.82) is 5.26 Å². The molecular weight excluding hydrogens is 284 g/mol. The van der Waals surface area contributed by atoms with E-state index in [0.717, 1.165) is 30.5 Å². The fourth-order valence-electron chi connectivity index (χ4n) is 3.87. The summed E-state index contributed by atoms with van der Waals surface area (Å²) in [6, 6.07) is 7.98. The molecule has 23 heavy (non-hydrogen) atoms. The highest BCUT2D eigenvalue weighted by molar-refractivity contribution is 6.13. The molecule has 0 saturated heterocycles. The van der Waals surface area contributed by atoms with Gasteiger partial charge in [0.25, 0.3) is 0 Å². The summed E-state index contributed by atoms with van der Waals surface area (Å²) in [5.74, 6) is 0.536. The molecule has 0 bridgehead atoms. The Kier molecular flexibility index (Phi) is 4.35. The van der Waals surface area contributed by atoms with Gasteiger partial charge in [-0.1, -0.05) is 25.3 Å². The van der Waals surface area contributed by atoms with Crippen molar-refractivity contribution in [3.05, 3.63) is 34.9 Å². The second-order valence-electron chi connectivity index (χ2n) is 7.51. The lowest BCUT2D eigenvalue weighted by Crippen LogP contribution is -2.31. The molecule has 3 nitrogen and oxygen atoms in total. The molecule has 0 spiro atoms. The zero-order valence-corrected chi connectivity index (χ0v) is 14.1. The number of fused-ring (bicyclic) bond motifs is 1. The van der Waals surface area contributed by atoms with E-state index >= 15 is 0 Å². The largest absolute Gasteiger partial charge is 0.299 e. The van der Waals surface area contributed by atoms with Gasteiger partial charge in [-0.25, -0.2) is 0 Å². The normalized spacial score (nSPS) is 20.3. The molecule has 1 aromatic rings. The number of rotatable bonds is 3. The summed E-state index contributed by atoms with van der Waals surface area (Å²) in [5.41, 5.74) is 3.55. The van der Waals surface area contributed by atoms with Gasteiger partial charge in [0.1, 0.15) is 5.78 Å². The van der Waals surface area contributed by atoms with Crippen molar-refractivity contribution in [3.8, 4) is 6.07 Å². The third kappa shape index (κ3) is 3.52. The Morgan fingerprint density at radius 2 is 2.04 bits per heavy atom. The van der Waals surface area contributed by atoms with E-state index in [-0.39, 0.29) is 11.5 Å². The van der Waals surface area contributed by atoms with Crippen LogP contribution in [0.2, 0.25) is 0 Å². The van der Waals surface area contributed by atoms with Crippen LogP contribution in [-0.2, 0) is 11.2 Å². The monoisotopic (exact) mass is 308 g/mol. The maximum Gasteiger partial charge on any atom is 0.141 e. The van der Waals surface area contributed by atoms with E-state index < -0.39 is 0 Å². The highest BCUT2D eigenvalue weighted by atomic mass is 16.1. The molecule has 120 valence electrons. The fourth-order valence-corrected chi connectivity index (χ4v) is 3.87. The van der Waals surface area contributed by atoms with Gasteiger partial charge in [0.2, 0.25) is 0 Å². The molecule has 1 heterocycles. The number of carbonyl (C=O) groups is 1. The van der Waals surface area contributed by atoms with E-state index in [2.05, 4.69) is 19.9 Å². The summed E-state index contributed by atoms with van der Waals surface area (Å²) in [6.45, 7) is 4.22. The molecule has 0 unspecified atom stereocenters. The van der Waals surface area contributed by atoms with Crippen molar-refractivity contribution in [3.63, 3.8) is 0 Å². The van der Waals surface area contributed by atoms with E-state index in [9.17, 15) is 4.79 Å². The Morgan fingerprint density at radius 3 is 2.74 bits per heavy atom. The van der Waals surface area contributed by atoms with Gasteiger partial charge in [0.05, 0.1) is 22.9 Å². The lowest BCUT2D eigenvalue weighted by molar-refractivity contribution is -0.122. The van der Waals surface area contributed by atoms with Crippen molar-refractivity contribution in [2.45, 2.75) is 64.3 Å². The molecule has 0 amide bonds. The van der Waals surface area contributed by atoms with Gasteiger partial charge >= 0.3 is 0 Å². The highest BCUT2D eigenvalue weighted by Gasteiger charge is 2.30. The lowest BCUT2D eigenvalue weighted by Gasteiger charge is -2.30. The number of aliphatic imine (C=N–C) groups is 1. The molecule has 3 heteroatoms. The van der Waals surface area contributed by atoms with Crippen LogP contribution in [-0.4, -0.2) is 17.0 Å². The molecule has 1 aliphatic heterocycles. The first-order chi connectivity index (χ1) is 11.0. The molecule has 0 atom stereocenters. The Morgan fingerprint density at radius 1 is 1.30 bits per heavy atom. The maximum atomic E-state index is 12.7. The number of Topliss-reactive ketones (excluding diaryl/α,β-unsaturated/α-hetero) is 1.